The summed E-state index contributed by atoms with van der Waals surface area (Å²) >= 11 is 0. The van der Waals surface area contributed by atoms with Crippen molar-refractivity contribution in [3.63, 3.8) is 0 Å². The summed E-state index contributed by atoms with van der Waals surface area (Å²) in [6, 6.07) is 0. The summed E-state index contributed by atoms with van der Waals surface area (Å²) in [5.41, 5.74) is -0.0830. The zero-order chi connectivity index (χ0) is 18.0. The molecular weight excluding hydrogens is 334 g/mol. The molecule has 4 rings (SSSR count). The molecule has 1 saturated carbocycles. The highest BCUT2D eigenvalue weighted by Crippen LogP contribution is 2.40. The molecule has 7 heteroatoms. The number of carbonyl (C=O) groups is 1. The summed E-state index contributed by atoms with van der Waals surface area (Å²) in [7, 11) is 1.63. The molecule has 2 aliphatic heterocycles. The summed E-state index contributed by atoms with van der Waals surface area (Å²) in [4.78, 5) is 18.7. The lowest BCUT2D eigenvalue weighted by atomic mass is 9.78. The van der Waals surface area contributed by atoms with E-state index in [1.165, 1.54) is 12.8 Å². The van der Waals surface area contributed by atoms with E-state index in [4.69, 9.17) is 14.0 Å². The minimum atomic E-state index is -0.0830. The van der Waals surface area contributed by atoms with E-state index in [-0.39, 0.29) is 11.5 Å². The second-order valence-corrected chi connectivity index (χ2v) is 8.04. The number of amides is 1. The van der Waals surface area contributed by atoms with Crippen LogP contribution in [-0.4, -0.2) is 60.0 Å². The molecule has 1 aromatic heterocycles. The van der Waals surface area contributed by atoms with Crippen molar-refractivity contribution in [1.29, 1.82) is 0 Å². The van der Waals surface area contributed by atoms with Gasteiger partial charge in [0.25, 0.3) is 0 Å². The molecule has 1 spiro atoms. The van der Waals surface area contributed by atoms with Gasteiger partial charge < -0.3 is 18.9 Å². The van der Waals surface area contributed by atoms with Crippen molar-refractivity contribution in [2.45, 2.75) is 62.9 Å². The molecule has 2 saturated heterocycles. The van der Waals surface area contributed by atoms with Gasteiger partial charge in [0.15, 0.2) is 5.82 Å². The van der Waals surface area contributed by atoms with E-state index in [1.807, 2.05) is 4.90 Å². The van der Waals surface area contributed by atoms with E-state index in [2.05, 4.69) is 10.1 Å². The number of ether oxygens (including phenoxy) is 2. The average Bonchev–Trinajstić information content (AvgIpc) is 3.40. The maximum Gasteiger partial charge on any atom is 0.226 e. The second-order valence-electron chi connectivity index (χ2n) is 8.04. The van der Waals surface area contributed by atoms with Crippen molar-refractivity contribution in [3.05, 3.63) is 11.7 Å². The van der Waals surface area contributed by atoms with Crippen LogP contribution in [0, 0.1) is 5.92 Å². The van der Waals surface area contributed by atoms with Gasteiger partial charge in [-0.05, 0) is 44.4 Å². The van der Waals surface area contributed by atoms with Crippen LogP contribution in [0.25, 0.3) is 0 Å². The van der Waals surface area contributed by atoms with Crippen molar-refractivity contribution >= 4 is 5.91 Å². The molecule has 0 bridgehead atoms. The lowest BCUT2D eigenvalue weighted by Crippen LogP contribution is -2.51. The molecular formula is C19H29N3O4. The molecule has 0 aromatic carbocycles. The SMILES string of the molecule is COCCC(=O)N1CCC2(CC1)CC(Cc1nc(C3CC3)no1)CCO2. The Morgan fingerprint density at radius 3 is 2.85 bits per heavy atom. The van der Waals surface area contributed by atoms with Gasteiger partial charge in [0.05, 0.1) is 18.6 Å². The minimum absolute atomic E-state index is 0.0830. The second kappa shape index (κ2) is 7.64. The van der Waals surface area contributed by atoms with Crippen LogP contribution < -0.4 is 0 Å². The Hall–Kier alpha value is -1.47. The number of hydrogen-bond donors (Lipinski definition) is 0. The molecule has 1 unspecified atom stereocenters. The van der Waals surface area contributed by atoms with Crippen LogP contribution >= 0.6 is 0 Å². The monoisotopic (exact) mass is 363 g/mol. The summed E-state index contributed by atoms with van der Waals surface area (Å²) < 4.78 is 16.7. The Kier molecular flexibility index (Phi) is 5.27. The third-order valence-corrected chi connectivity index (χ3v) is 6.03. The highest BCUT2D eigenvalue weighted by molar-refractivity contribution is 5.76. The predicted molar refractivity (Wildman–Crippen MR) is 93.7 cm³/mol. The van der Waals surface area contributed by atoms with Crippen LogP contribution in [-0.2, 0) is 20.7 Å². The van der Waals surface area contributed by atoms with E-state index >= 15 is 0 Å². The Morgan fingerprint density at radius 1 is 1.31 bits per heavy atom. The van der Waals surface area contributed by atoms with E-state index in [0.717, 1.165) is 63.5 Å². The zero-order valence-electron chi connectivity index (χ0n) is 15.6. The smallest absolute Gasteiger partial charge is 0.226 e. The van der Waals surface area contributed by atoms with Crippen molar-refractivity contribution in [2.24, 2.45) is 5.92 Å². The summed E-state index contributed by atoms with van der Waals surface area (Å²) in [5.74, 6) is 2.92. The molecule has 1 amide bonds. The van der Waals surface area contributed by atoms with E-state index in [1.54, 1.807) is 7.11 Å². The van der Waals surface area contributed by atoms with Crippen LogP contribution in [0.2, 0.25) is 0 Å². The molecule has 26 heavy (non-hydrogen) atoms. The molecule has 7 nitrogen and oxygen atoms in total. The Labute approximate surface area is 154 Å². The van der Waals surface area contributed by atoms with Gasteiger partial charge in [0.1, 0.15) is 0 Å². The fraction of sp³-hybridized carbons (Fsp3) is 0.842. The van der Waals surface area contributed by atoms with Gasteiger partial charge in [0.2, 0.25) is 11.8 Å². The standard InChI is InChI=1S/C19H29N3O4/c1-24-10-5-17(23)22-8-6-19(7-9-22)13-14(4-11-25-19)12-16-20-18(21-26-16)15-2-3-15/h14-15H,2-13H2,1H3. The molecule has 3 heterocycles. The van der Waals surface area contributed by atoms with Crippen molar-refractivity contribution in [1.82, 2.24) is 15.0 Å². The minimum Gasteiger partial charge on any atom is -0.384 e. The quantitative estimate of drug-likeness (QED) is 0.772. The molecule has 3 aliphatic rings. The number of methoxy groups -OCH3 is 1. The first-order valence-corrected chi connectivity index (χ1v) is 9.91. The largest absolute Gasteiger partial charge is 0.384 e. The maximum atomic E-state index is 12.2. The number of nitrogens with zero attached hydrogens (tertiary/aromatic N) is 3. The van der Waals surface area contributed by atoms with E-state index in [0.29, 0.717) is 24.9 Å². The average molecular weight is 363 g/mol. The highest BCUT2D eigenvalue weighted by atomic mass is 16.5. The van der Waals surface area contributed by atoms with E-state index in [9.17, 15) is 4.79 Å². The fourth-order valence-electron chi connectivity index (χ4n) is 4.27. The van der Waals surface area contributed by atoms with Gasteiger partial charge in [-0.25, -0.2) is 0 Å². The number of hydrogen-bond acceptors (Lipinski definition) is 6. The normalized spacial score (nSPS) is 25.6. The van der Waals surface area contributed by atoms with Gasteiger partial charge in [0, 0.05) is 39.1 Å². The zero-order valence-corrected chi connectivity index (χ0v) is 15.6. The Balaban J connectivity index is 1.29. The van der Waals surface area contributed by atoms with Gasteiger partial charge in [-0.3, -0.25) is 4.79 Å². The van der Waals surface area contributed by atoms with Crippen molar-refractivity contribution in [2.75, 3.05) is 33.4 Å². The Bertz CT molecular complexity index is 620. The van der Waals surface area contributed by atoms with E-state index < -0.39 is 0 Å². The highest BCUT2D eigenvalue weighted by Gasteiger charge is 2.41. The summed E-state index contributed by atoms with van der Waals surface area (Å²) in [5, 5.41) is 4.13. The van der Waals surface area contributed by atoms with Gasteiger partial charge in [-0.1, -0.05) is 5.16 Å². The molecule has 3 fully saturated rings. The first-order chi connectivity index (χ1) is 12.7. The van der Waals surface area contributed by atoms with Crippen LogP contribution in [0.15, 0.2) is 4.52 Å². The first-order valence-electron chi connectivity index (χ1n) is 9.91. The predicted octanol–water partition coefficient (Wildman–Crippen LogP) is 2.31. The molecule has 1 aliphatic carbocycles. The van der Waals surface area contributed by atoms with Gasteiger partial charge in [-0.2, -0.15) is 4.98 Å². The van der Waals surface area contributed by atoms with Gasteiger partial charge >= 0.3 is 0 Å². The summed E-state index contributed by atoms with van der Waals surface area (Å²) in [6.45, 7) is 2.83. The van der Waals surface area contributed by atoms with Crippen molar-refractivity contribution in [3.8, 4) is 0 Å². The lowest BCUT2D eigenvalue weighted by Gasteiger charge is -2.46. The maximum absolute atomic E-state index is 12.2. The molecule has 144 valence electrons. The Morgan fingerprint density at radius 2 is 2.12 bits per heavy atom. The third-order valence-electron chi connectivity index (χ3n) is 6.03. The van der Waals surface area contributed by atoms with Gasteiger partial charge in [-0.15, -0.1) is 0 Å². The number of piperidine rings is 1. The van der Waals surface area contributed by atoms with Crippen LogP contribution in [0.1, 0.15) is 62.6 Å². The van der Waals surface area contributed by atoms with Crippen molar-refractivity contribution < 1.29 is 18.8 Å². The van der Waals surface area contributed by atoms with Crippen LogP contribution in [0.3, 0.4) is 0 Å². The number of rotatable bonds is 6. The van der Waals surface area contributed by atoms with Crippen LogP contribution in [0.4, 0.5) is 0 Å². The third kappa shape index (κ3) is 4.09. The molecule has 1 aromatic rings. The number of aromatic nitrogens is 2. The fourth-order valence-corrected chi connectivity index (χ4v) is 4.27. The summed E-state index contributed by atoms with van der Waals surface area (Å²) in [6.07, 6.45) is 7.60. The molecule has 1 atom stereocenters. The molecule has 0 N–H and O–H groups in total. The lowest BCUT2D eigenvalue weighted by molar-refractivity contribution is -0.147. The number of carbonyl (C=O) groups excluding carboxylic acids is 1. The van der Waals surface area contributed by atoms with Crippen LogP contribution in [0.5, 0.6) is 0 Å². The molecule has 0 radical (unpaired) electrons. The number of likely N-dealkylation sites (tertiary alicyclic amines) is 1. The first kappa shape index (κ1) is 17.9. The topological polar surface area (TPSA) is 77.7 Å².